The lowest BCUT2D eigenvalue weighted by atomic mass is 10.2. The van der Waals surface area contributed by atoms with Crippen molar-refractivity contribution in [2.24, 2.45) is 0 Å². The number of carbonyl (C=O) groups excluding carboxylic acids is 1. The number of nitrogens with zero attached hydrogens (tertiary/aromatic N) is 4. The van der Waals surface area contributed by atoms with E-state index in [4.69, 9.17) is 4.42 Å². The van der Waals surface area contributed by atoms with Crippen LogP contribution in [0.3, 0.4) is 0 Å². The molecule has 5 rings (SSSR count). The summed E-state index contributed by atoms with van der Waals surface area (Å²) in [5, 5.41) is 11.4. The van der Waals surface area contributed by atoms with Gasteiger partial charge in [0.1, 0.15) is 23.0 Å². The van der Waals surface area contributed by atoms with Gasteiger partial charge in [-0.1, -0.05) is 12.1 Å². The number of non-ortho nitro benzene ring substituents is 1. The van der Waals surface area contributed by atoms with E-state index in [1.807, 2.05) is 18.2 Å². The van der Waals surface area contributed by atoms with Gasteiger partial charge >= 0.3 is 0 Å². The molecular weight excluding hydrogens is 420 g/mol. The zero-order valence-corrected chi connectivity index (χ0v) is 16.9. The number of hydrogen-bond acceptors (Lipinski definition) is 7. The number of furan rings is 1. The number of carbonyl (C=O) groups is 1. The van der Waals surface area contributed by atoms with Crippen molar-refractivity contribution in [3.05, 3.63) is 80.9 Å². The summed E-state index contributed by atoms with van der Waals surface area (Å²) < 4.78 is 6.92. The molecule has 156 valence electrons. The third-order valence-electron chi connectivity index (χ3n) is 5.26. The van der Waals surface area contributed by atoms with Gasteiger partial charge in [-0.05, 0) is 29.8 Å². The van der Waals surface area contributed by atoms with Crippen LogP contribution in [0.15, 0.2) is 64.1 Å². The number of nitro benzene ring substituents is 1. The highest BCUT2D eigenvalue weighted by Gasteiger charge is 2.31. The van der Waals surface area contributed by atoms with Crippen LogP contribution in [-0.4, -0.2) is 37.6 Å². The van der Waals surface area contributed by atoms with Gasteiger partial charge in [0.25, 0.3) is 11.2 Å². The molecule has 1 fully saturated rings. The van der Waals surface area contributed by atoms with E-state index >= 15 is 0 Å². The predicted molar refractivity (Wildman–Crippen MR) is 116 cm³/mol. The Balaban J connectivity index is 1.42. The van der Waals surface area contributed by atoms with Crippen LogP contribution in [0.1, 0.15) is 10.9 Å². The molecule has 0 N–H and O–H groups in total. The Labute approximate surface area is 179 Å². The Morgan fingerprint density at radius 1 is 1.23 bits per heavy atom. The maximum Gasteiger partial charge on any atom is 0.297 e. The molecule has 31 heavy (non-hydrogen) atoms. The van der Waals surface area contributed by atoms with Gasteiger partial charge in [0.05, 0.1) is 11.3 Å². The summed E-state index contributed by atoms with van der Waals surface area (Å²) in [6.07, 6.45) is 1.37. The molecule has 0 radical (unpaired) electrons. The van der Waals surface area contributed by atoms with Crippen LogP contribution in [0.4, 0.5) is 5.69 Å². The molecule has 1 atom stereocenters. The highest BCUT2D eigenvalue weighted by atomic mass is 32.2. The Hall–Kier alpha value is -3.66. The fraction of sp³-hybridized carbons (Fsp3) is 0.190. The fourth-order valence-corrected chi connectivity index (χ4v) is 5.00. The second kappa shape index (κ2) is 7.55. The normalized spacial score (nSPS) is 16.3. The molecule has 1 amide bonds. The van der Waals surface area contributed by atoms with Gasteiger partial charge in [-0.15, -0.1) is 11.8 Å². The number of amides is 1. The Morgan fingerprint density at radius 3 is 2.77 bits per heavy atom. The van der Waals surface area contributed by atoms with Gasteiger partial charge in [-0.25, -0.2) is 4.98 Å². The molecular formula is C21H16N4O5S. The number of nitro groups is 1. The summed E-state index contributed by atoms with van der Waals surface area (Å²) in [7, 11) is 0. The first kappa shape index (κ1) is 19.3. The Bertz CT molecular complexity index is 1380. The van der Waals surface area contributed by atoms with Crippen molar-refractivity contribution in [3.8, 4) is 0 Å². The van der Waals surface area contributed by atoms with E-state index < -0.39 is 10.5 Å². The van der Waals surface area contributed by atoms with Crippen LogP contribution >= 0.6 is 11.8 Å². The molecule has 1 saturated heterocycles. The van der Waals surface area contributed by atoms with Gasteiger partial charge < -0.3 is 9.32 Å². The molecule has 1 aliphatic heterocycles. The van der Waals surface area contributed by atoms with E-state index in [-0.39, 0.29) is 29.1 Å². The van der Waals surface area contributed by atoms with Crippen LogP contribution in [0, 0.1) is 10.1 Å². The Morgan fingerprint density at radius 2 is 2.00 bits per heavy atom. The minimum atomic E-state index is -0.456. The second-order valence-corrected chi connectivity index (χ2v) is 8.30. The third kappa shape index (κ3) is 3.34. The highest BCUT2D eigenvalue weighted by molar-refractivity contribution is 7.99. The summed E-state index contributed by atoms with van der Waals surface area (Å²) in [5.74, 6) is 0.510. The van der Waals surface area contributed by atoms with E-state index in [1.54, 1.807) is 34.9 Å². The lowest BCUT2D eigenvalue weighted by molar-refractivity contribution is -0.384. The SMILES string of the molecule is O=C(Cn1cnc2c(oc3ccccc32)c1=O)N1CCSC1c1ccc([N+](=O)[O-])cc1. The molecule has 1 unspecified atom stereocenters. The molecule has 1 aliphatic rings. The summed E-state index contributed by atoms with van der Waals surface area (Å²) in [4.78, 5) is 42.4. The fourth-order valence-electron chi connectivity index (χ4n) is 3.73. The van der Waals surface area contributed by atoms with E-state index in [1.165, 1.54) is 23.0 Å². The van der Waals surface area contributed by atoms with Crippen LogP contribution in [0.2, 0.25) is 0 Å². The molecule has 0 saturated carbocycles. The van der Waals surface area contributed by atoms with E-state index in [2.05, 4.69) is 4.98 Å². The third-order valence-corrected chi connectivity index (χ3v) is 6.52. The lowest BCUT2D eigenvalue weighted by Crippen LogP contribution is -2.36. The summed E-state index contributed by atoms with van der Waals surface area (Å²) in [5.41, 5.74) is 1.57. The number of aromatic nitrogens is 2. The molecule has 0 aliphatic carbocycles. The first-order chi connectivity index (χ1) is 15.0. The second-order valence-electron chi connectivity index (χ2n) is 7.11. The van der Waals surface area contributed by atoms with Crippen LogP contribution in [0.5, 0.6) is 0 Å². The maximum absolute atomic E-state index is 13.0. The van der Waals surface area contributed by atoms with Crippen molar-refractivity contribution < 1.29 is 14.1 Å². The first-order valence-electron chi connectivity index (χ1n) is 9.55. The summed E-state index contributed by atoms with van der Waals surface area (Å²) >= 11 is 1.58. The van der Waals surface area contributed by atoms with Crippen LogP contribution in [-0.2, 0) is 11.3 Å². The number of para-hydroxylation sites is 1. The molecule has 4 aromatic rings. The molecule has 2 aromatic carbocycles. The lowest BCUT2D eigenvalue weighted by Gasteiger charge is -2.24. The van der Waals surface area contributed by atoms with Crippen molar-refractivity contribution >= 4 is 45.4 Å². The molecule has 2 aromatic heterocycles. The minimum Gasteiger partial charge on any atom is -0.448 e. The topological polar surface area (TPSA) is 111 Å². The highest BCUT2D eigenvalue weighted by Crippen LogP contribution is 2.38. The number of hydrogen-bond donors (Lipinski definition) is 0. The average Bonchev–Trinajstić information content (AvgIpc) is 3.41. The van der Waals surface area contributed by atoms with Crippen molar-refractivity contribution in [1.29, 1.82) is 0 Å². The largest absolute Gasteiger partial charge is 0.448 e. The van der Waals surface area contributed by atoms with Gasteiger partial charge in [-0.3, -0.25) is 24.3 Å². The monoisotopic (exact) mass is 436 g/mol. The zero-order valence-electron chi connectivity index (χ0n) is 16.1. The van der Waals surface area contributed by atoms with E-state index in [9.17, 15) is 19.7 Å². The van der Waals surface area contributed by atoms with Crippen molar-refractivity contribution in [3.63, 3.8) is 0 Å². The molecule has 3 heterocycles. The first-order valence-corrected chi connectivity index (χ1v) is 10.6. The van der Waals surface area contributed by atoms with Gasteiger partial charge in [0.15, 0.2) is 0 Å². The Kier molecular flexibility index (Phi) is 4.70. The van der Waals surface area contributed by atoms with Gasteiger partial charge in [-0.2, -0.15) is 0 Å². The zero-order chi connectivity index (χ0) is 21.5. The van der Waals surface area contributed by atoms with Crippen LogP contribution in [0.25, 0.3) is 22.1 Å². The average molecular weight is 436 g/mol. The maximum atomic E-state index is 13.0. The van der Waals surface area contributed by atoms with Crippen molar-refractivity contribution in [2.45, 2.75) is 11.9 Å². The predicted octanol–water partition coefficient (Wildman–Crippen LogP) is 3.33. The smallest absolute Gasteiger partial charge is 0.297 e. The number of thioether (sulfide) groups is 1. The summed E-state index contributed by atoms with van der Waals surface area (Å²) in [6, 6.07) is 13.4. The van der Waals surface area contributed by atoms with Crippen molar-refractivity contribution in [1.82, 2.24) is 14.5 Å². The standard InChI is InChI=1S/C21H16N4O5S/c26-17(24-9-10-31-21(24)13-5-7-14(8-6-13)25(28)29)11-23-12-22-18-15-3-1-2-4-16(15)30-19(18)20(23)27/h1-8,12,21H,9-11H2. The van der Waals surface area contributed by atoms with Gasteiger partial charge in [0, 0.05) is 29.8 Å². The molecule has 0 bridgehead atoms. The molecule has 10 heteroatoms. The minimum absolute atomic E-state index is 0.00128. The van der Waals surface area contributed by atoms with Crippen LogP contribution < -0.4 is 5.56 Å². The van der Waals surface area contributed by atoms with E-state index in [0.717, 1.165) is 16.7 Å². The van der Waals surface area contributed by atoms with Gasteiger partial charge in [0.2, 0.25) is 11.5 Å². The number of fused-ring (bicyclic) bond motifs is 3. The van der Waals surface area contributed by atoms with E-state index in [0.29, 0.717) is 17.6 Å². The van der Waals surface area contributed by atoms with Crippen molar-refractivity contribution in [2.75, 3.05) is 12.3 Å². The molecule has 9 nitrogen and oxygen atoms in total. The number of benzene rings is 2. The summed E-state index contributed by atoms with van der Waals surface area (Å²) in [6.45, 7) is 0.364. The quantitative estimate of drug-likeness (QED) is 0.356. The number of rotatable bonds is 4. The molecule has 0 spiro atoms.